The highest BCUT2D eigenvalue weighted by molar-refractivity contribution is 6.20. The third-order valence-electron chi connectivity index (χ3n) is 9.66. The highest BCUT2D eigenvalue weighted by Crippen LogP contribution is 2.48. The van der Waals surface area contributed by atoms with Crippen molar-refractivity contribution in [2.24, 2.45) is 0 Å². The van der Waals surface area contributed by atoms with Crippen molar-refractivity contribution in [1.82, 2.24) is 4.98 Å². The summed E-state index contributed by atoms with van der Waals surface area (Å²) >= 11 is 0. The fourth-order valence-corrected chi connectivity index (χ4v) is 7.20. The number of para-hydroxylation sites is 1. The molecular formula is C47H30N2O2. The summed E-state index contributed by atoms with van der Waals surface area (Å²) in [5, 5.41) is 4.43. The van der Waals surface area contributed by atoms with Crippen LogP contribution in [0.3, 0.4) is 0 Å². The molecule has 0 saturated heterocycles. The average Bonchev–Trinajstić information content (AvgIpc) is 3.80. The normalized spacial score (nSPS) is 11.5. The second kappa shape index (κ2) is 11.9. The topological polar surface area (TPSA) is 42.4 Å². The van der Waals surface area contributed by atoms with E-state index in [0.717, 1.165) is 66.8 Å². The standard InChI is InChI=1S/C47H30N2O2/c1-3-12-31(13-4-1)36-18-11-19-39(29-36)49(38-26-24-33(25-27-38)37-23-22-32-14-7-8-17-35(32)28-37)45-44-40-20-9-10-21-42(40)50-43(44)30-41-46(45)51-47(48-41)34-15-5-2-6-16-34/h1-30H. The van der Waals surface area contributed by atoms with E-state index in [0.29, 0.717) is 11.5 Å². The van der Waals surface area contributed by atoms with Gasteiger partial charge in [0, 0.05) is 28.4 Å². The smallest absolute Gasteiger partial charge is 0.227 e. The van der Waals surface area contributed by atoms with Gasteiger partial charge in [-0.25, -0.2) is 4.98 Å². The molecule has 0 unspecified atom stereocenters. The highest BCUT2D eigenvalue weighted by Gasteiger charge is 2.26. The summed E-state index contributed by atoms with van der Waals surface area (Å²) in [6.45, 7) is 0. The molecule has 0 saturated carbocycles. The van der Waals surface area contributed by atoms with Gasteiger partial charge in [0.15, 0.2) is 5.58 Å². The van der Waals surface area contributed by atoms with E-state index in [4.69, 9.17) is 13.8 Å². The molecule has 0 N–H and O–H groups in total. The molecule has 0 fully saturated rings. The summed E-state index contributed by atoms with van der Waals surface area (Å²) in [4.78, 5) is 7.32. The molecule has 0 aliphatic rings. The maximum Gasteiger partial charge on any atom is 0.227 e. The molecule has 0 amide bonds. The molecule has 0 bridgehead atoms. The fourth-order valence-electron chi connectivity index (χ4n) is 7.20. The van der Waals surface area contributed by atoms with E-state index in [1.165, 1.54) is 16.3 Å². The Morgan fingerprint density at radius 3 is 1.88 bits per heavy atom. The molecule has 0 radical (unpaired) electrons. The molecule has 2 aromatic heterocycles. The number of rotatable bonds is 6. The summed E-state index contributed by atoms with van der Waals surface area (Å²) in [6, 6.07) is 63.3. The number of hydrogen-bond acceptors (Lipinski definition) is 4. The molecule has 8 aromatic carbocycles. The van der Waals surface area contributed by atoms with E-state index in [1.807, 2.05) is 54.6 Å². The van der Waals surface area contributed by atoms with Gasteiger partial charge in [0.1, 0.15) is 22.4 Å². The van der Waals surface area contributed by atoms with Crippen LogP contribution in [0.5, 0.6) is 0 Å². The van der Waals surface area contributed by atoms with Crippen LogP contribution >= 0.6 is 0 Å². The minimum absolute atomic E-state index is 0.563. The third-order valence-corrected chi connectivity index (χ3v) is 9.66. The van der Waals surface area contributed by atoms with Crippen molar-refractivity contribution in [2.75, 3.05) is 4.90 Å². The van der Waals surface area contributed by atoms with Crippen LogP contribution in [-0.2, 0) is 0 Å². The molecule has 10 aromatic rings. The Balaban J connectivity index is 1.24. The van der Waals surface area contributed by atoms with E-state index in [1.54, 1.807) is 0 Å². The van der Waals surface area contributed by atoms with Crippen molar-refractivity contribution in [2.45, 2.75) is 0 Å². The summed E-state index contributed by atoms with van der Waals surface area (Å²) in [6.07, 6.45) is 0. The van der Waals surface area contributed by atoms with Crippen LogP contribution in [0.4, 0.5) is 17.1 Å². The summed E-state index contributed by atoms with van der Waals surface area (Å²) < 4.78 is 13.3. The Labute approximate surface area is 294 Å². The Morgan fingerprint density at radius 2 is 1.06 bits per heavy atom. The van der Waals surface area contributed by atoms with Gasteiger partial charge in [0.2, 0.25) is 5.89 Å². The molecule has 51 heavy (non-hydrogen) atoms. The van der Waals surface area contributed by atoms with Crippen molar-refractivity contribution in [1.29, 1.82) is 0 Å². The number of hydrogen-bond donors (Lipinski definition) is 0. The van der Waals surface area contributed by atoms with Gasteiger partial charge in [-0.3, -0.25) is 0 Å². The first-order chi connectivity index (χ1) is 25.3. The largest absolute Gasteiger partial charge is 0.456 e. The maximum absolute atomic E-state index is 6.79. The van der Waals surface area contributed by atoms with Crippen LogP contribution in [0.2, 0.25) is 0 Å². The predicted octanol–water partition coefficient (Wildman–Crippen LogP) is 13.4. The fraction of sp³-hybridized carbons (Fsp3) is 0. The molecule has 0 aliphatic carbocycles. The quantitative estimate of drug-likeness (QED) is 0.179. The Hall–Kier alpha value is -6.91. The Kier molecular flexibility index (Phi) is 6.78. The van der Waals surface area contributed by atoms with Gasteiger partial charge in [-0.1, -0.05) is 127 Å². The van der Waals surface area contributed by atoms with Gasteiger partial charge in [-0.2, -0.15) is 0 Å². The highest BCUT2D eigenvalue weighted by atomic mass is 16.4. The van der Waals surface area contributed by atoms with Crippen LogP contribution in [-0.4, -0.2) is 4.98 Å². The second-order valence-electron chi connectivity index (χ2n) is 12.8. The van der Waals surface area contributed by atoms with Crippen molar-refractivity contribution in [3.8, 4) is 33.7 Å². The van der Waals surface area contributed by atoms with Gasteiger partial charge in [0.25, 0.3) is 0 Å². The third kappa shape index (κ3) is 5.04. The van der Waals surface area contributed by atoms with Crippen LogP contribution < -0.4 is 4.90 Å². The number of anilines is 3. The average molecular weight is 655 g/mol. The molecule has 10 rings (SSSR count). The molecule has 0 spiro atoms. The number of nitrogens with zero attached hydrogens (tertiary/aromatic N) is 2. The monoisotopic (exact) mass is 654 g/mol. The lowest BCUT2D eigenvalue weighted by atomic mass is 10.00. The lowest BCUT2D eigenvalue weighted by molar-refractivity contribution is 0.620. The maximum atomic E-state index is 6.79. The minimum atomic E-state index is 0.563. The SMILES string of the molecule is c1ccc(-c2cccc(N(c3ccc(-c4ccc5ccccc5c4)cc3)c3c4oc(-c5ccccc5)nc4cc4oc5ccccc5c34)c2)cc1. The number of fused-ring (bicyclic) bond motifs is 5. The molecule has 4 nitrogen and oxygen atoms in total. The van der Waals surface area contributed by atoms with Crippen molar-refractivity contribution in [3.05, 3.63) is 182 Å². The van der Waals surface area contributed by atoms with E-state index in [9.17, 15) is 0 Å². The number of benzene rings is 8. The lowest BCUT2D eigenvalue weighted by Gasteiger charge is -2.27. The Bertz CT molecular complexity index is 2850. The molecule has 4 heteroatoms. The van der Waals surface area contributed by atoms with E-state index in [-0.39, 0.29) is 0 Å². The Morgan fingerprint density at radius 1 is 0.412 bits per heavy atom. The van der Waals surface area contributed by atoms with Crippen LogP contribution in [0, 0.1) is 0 Å². The summed E-state index contributed by atoms with van der Waals surface area (Å²) in [7, 11) is 0. The molecule has 240 valence electrons. The zero-order chi connectivity index (χ0) is 33.7. The number of furan rings is 1. The molecule has 0 aliphatic heterocycles. The number of aromatic nitrogens is 1. The molecule has 0 atom stereocenters. The van der Waals surface area contributed by atoms with Crippen LogP contribution in [0.1, 0.15) is 0 Å². The number of oxazole rings is 1. The minimum Gasteiger partial charge on any atom is -0.456 e. The van der Waals surface area contributed by atoms with Crippen LogP contribution in [0.25, 0.3) is 77.5 Å². The van der Waals surface area contributed by atoms with Gasteiger partial charge in [0.05, 0.1) is 5.39 Å². The van der Waals surface area contributed by atoms with E-state index >= 15 is 0 Å². The zero-order valence-corrected chi connectivity index (χ0v) is 27.5. The first kappa shape index (κ1) is 29.0. The van der Waals surface area contributed by atoms with E-state index in [2.05, 4.69) is 132 Å². The van der Waals surface area contributed by atoms with Crippen molar-refractivity contribution in [3.63, 3.8) is 0 Å². The lowest BCUT2D eigenvalue weighted by Crippen LogP contribution is -2.11. The predicted molar refractivity (Wildman–Crippen MR) is 210 cm³/mol. The van der Waals surface area contributed by atoms with E-state index < -0.39 is 0 Å². The van der Waals surface area contributed by atoms with Gasteiger partial charge >= 0.3 is 0 Å². The van der Waals surface area contributed by atoms with Gasteiger partial charge in [-0.15, -0.1) is 0 Å². The van der Waals surface area contributed by atoms with Gasteiger partial charge in [-0.05, 0) is 81.6 Å². The first-order valence-corrected chi connectivity index (χ1v) is 17.1. The molecular weight excluding hydrogens is 625 g/mol. The van der Waals surface area contributed by atoms with Gasteiger partial charge < -0.3 is 13.7 Å². The van der Waals surface area contributed by atoms with Crippen molar-refractivity contribution < 1.29 is 8.83 Å². The summed E-state index contributed by atoms with van der Waals surface area (Å²) in [5.74, 6) is 0.563. The first-order valence-electron chi connectivity index (χ1n) is 17.1. The van der Waals surface area contributed by atoms with Crippen LogP contribution in [0.15, 0.2) is 191 Å². The molecule has 2 heterocycles. The van der Waals surface area contributed by atoms with Crippen molar-refractivity contribution >= 4 is 60.9 Å². The second-order valence-corrected chi connectivity index (χ2v) is 12.8. The zero-order valence-electron chi connectivity index (χ0n) is 27.5. The summed E-state index contributed by atoms with van der Waals surface area (Å²) in [5.41, 5.74) is 11.3.